The van der Waals surface area contributed by atoms with E-state index in [-0.39, 0.29) is 12.0 Å². The molecular weight excluding hydrogens is 290 g/mol. The van der Waals surface area contributed by atoms with Gasteiger partial charge in [-0.2, -0.15) is 0 Å². The zero-order valence-electron chi connectivity index (χ0n) is 14.3. The van der Waals surface area contributed by atoms with Gasteiger partial charge in [0.2, 0.25) is 0 Å². The monoisotopic (exact) mass is 319 g/mol. The Hall–Kier alpha value is -1.10. The van der Waals surface area contributed by atoms with Gasteiger partial charge in [-0.3, -0.25) is 4.90 Å². The molecule has 1 N–H and O–H groups in total. The van der Waals surface area contributed by atoms with Crippen molar-refractivity contribution in [3.8, 4) is 5.75 Å². The number of aryl methyl sites for hydroxylation is 2. The maximum Gasteiger partial charge on any atom is 0.125 e. The molecular formula is C19H29NO3. The fourth-order valence-corrected chi connectivity index (χ4v) is 4.02. The minimum Gasteiger partial charge on any atom is -0.492 e. The Morgan fingerprint density at radius 1 is 1.26 bits per heavy atom. The van der Waals surface area contributed by atoms with Gasteiger partial charge in [0.15, 0.2) is 0 Å². The third-order valence-electron chi connectivity index (χ3n) is 5.30. The summed E-state index contributed by atoms with van der Waals surface area (Å²) in [4.78, 5) is 2.48. The first-order valence-corrected chi connectivity index (χ1v) is 8.85. The summed E-state index contributed by atoms with van der Waals surface area (Å²) in [5, 5.41) is 10.3. The molecule has 2 heterocycles. The molecule has 0 aromatic heterocycles. The van der Waals surface area contributed by atoms with Crippen LogP contribution in [0.25, 0.3) is 0 Å². The van der Waals surface area contributed by atoms with Gasteiger partial charge >= 0.3 is 0 Å². The van der Waals surface area contributed by atoms with Crippen LogP contribution < -0.4 is 4.74 Å². The van der Waals surface area contributed by atoms with Crippen LogP contribution in [0.3, 0.4) is 0 Å². The second-order valence-electron chi connectivity index (χ2n) is 6.91. The Bertz CT molecular complexity index is 499. The maximum absolute atomic E-state index is 10.3. The number of rotatable bonds is 5. The quantitative estimate of drug-likeness (QED) is 0.906. The van der Waals surface area contributed by atoms with Gasteiger partial charge in [-0.25, -0.2) is 0 Å². The number of ether oxygens (including phenoxy) is 2. The summed E-state index contributed by atoms with van der Waals surface area (Å²) in [6, 6.07) is 6.69. The minimum atomic E-state index is -0.214. The Balaban J connectivity index is 1.55. The molecule has 2 saturated heterocycles. The molecule has 23 heavy (non-hydrogen) atoms. The largest absolute Gasteiger partial charge is 0.492 e. The van der Waals surface area contributed by atoms with E-state index in [0.29, 0.717) is 25.9 Å². The lowest BCUT2D eigenvalue weighted by atomic mass is 9.89. The lowest BCUT2D eigenvalue weighted by molar-refractivity contribution is -0.0634. The molecule has 2 aliphatic rings. The fraction of sp³-hybridized carbons (Fsp3) is 0.684. The van der Waals surface area contributed by atoms with E-state index in [1.54, 1.807) is 0 Å². The number of aliphatic hydroxyl groups excluding tert-OH is 1. The van der Waals surface area contributed by atoms with Crippen LogP contribution in [0.15, 0.2) is 18.2 Å². The van der Waals surface area contributed by atoms with Crippen molar-refractivity contribution in [1.82, 2.24) is 4.90 Å². The number of likely N-dealkylation sites (tertiary alicyclic amines) is 1. The SMILES string of the molecule is Cc1cccc(C)c1OCCN1CCC[C@@H]1[C@H]1COCC[C@@H]1O. The Morgan fingerprint density at radius 2 is 2.04 bits per heavy atom. The molecule has 0 unspecified atom stereocenters. The molecule has 1 aromatic carbocycles. The Labute approximate surface area is 139 Å². The molecule has 2 fully saturated rings. The first-order valence-electron chi connectivity index (χ1n) is 8.85. The first kappa shape index (κ1) is 16.7. The average molecular weight is 319 g/mol. The molecule has 0 bridgehead atoms. The van der Waals surface area contributed by atoms with Gasteiger partial charge in [0.05, 0.1) is 12.7 Å². The summed E-state index contributed by atoms with van der Waals surface area (Å²) in [5.41, 5.74) is 2.39. The van der Waals surface area contributed by atoms with Crippen molar-refractivity contribution >= 4 is 0 Å². The predicted octanol–water partition coefficient (Wildman–Crippen LogP) is 2.54. The van der Waals surface area contributed by atoms with Gasteiger partial charge in [0.1, 0.15) is 12.4 Å². The van der Waals surface area contributed by atoms with E-state index in [2.05, 4.69) is 36.9 Å². The second kappa shape index (κ2) is 7.65. The summed E-state index contributed by atoms with van der Waals surface area (Å²) in [7, 11) is 0. The third-order valence-corrected chi connectivity index (χ3v) is 5.30. The van der Waals surface area contributed by atoms with Crippen molar-refractivity contribution in [2.45, 2.75) is 45.3 Å². The van der Waals surface area contributed by atoms with Crippen LogP contribution >= 0.6 is 0 Å². The summed E-state index contributed by atoms with van der Waals surface area (Å²) in [6.45, 7) is 8.30. The highest BCUT2D eigenvalue weighted by molar-refractivity contribution is 5.39. The highest BCUT2D eigenvalue weighted by Crippen LogP contribution is 2.30. The average Bonchev–Trinajstić information content (AvgIpc) is 2.99. The van der Waals surface area contributed by atoms with Crippen LogP contribution in [-0.2, 0) is 4.74 Å². The lowest BCUT2D eigenvalue weighted by Gasteiger charge is -2.37. The van der Waals surface area contributed by atoms with Crippen molar-refractivity contribution in [2.75, 3.05) is 32.9 Å². The van der Waals surface area contributed by atoms with Crippen molar-refractivity contribution in [2.24, 2.45) is 5.92 Å². The van der Waals surface area contributed by atoms with Crippen LogP contribution in [0.5, 0.6) is 5.75 Å². The van der Waals surface area contributed by atoms with E-state index in [0.717, 1.165) is 31.7 Å². The molecule has 128 valence electrons. The second-order valence-corrected chi connectivity index (χ2v) is 6.91. The molecule has 0 saturated carbocycles. The van der Waals surface area contributed by atoms with E-state index < -0.39 is 0 Å². The number of aliphatic hydroxyl groups is 1. The van der Waals surface area contributed by atoms with Crippen molar-refractivity contribution in [1.29, 1.82) is 0 Å². The van der Waals surface area contributed by atoms with Gasteiger partial charge in [0.25, 0.3) is 0 Å². The minimum absolute atomic E-state index is 0.214. The summed E-state index contributed by atoms with van der Waals surface area (Å²) < 4.78 is 11.7. The fourth-order valence-electron chi connectivity index (χ4n) is 4.02. The van der Waals surface area contributed by atoms with Crippen LogP contribution in [-0.4, -0.2) is 55.1 Å². The molecule has 0 aliphatic carbocycles. The molecule has 0 spiro atoms. The summed E-state index contributed by atoms with van der Waals surface area (Å²) >= 11 is 0. The van der Waals surface area contributed by atoms with Gasteiger partial charge in [0, 0.05) is 25.1 Å². The highest BCUT2D eigenvalue weighted by Gasteiger charge is 2.37. The molecule has 2 aliphatic heterocycles. The summed E-state index contributed by atoms with van der Waals surface area (Å²) in [6.07, 6.45) is 2.92. The number of hydrogen-bond acceptors (Lipinski definition) is 4. The van der Waals surface area contributed by atoms with Gasteiger partial charge in [-0.05, 0) is 50.8 Å². The maximum atomic E-state index is 10.3. The molecule has 0 amide bonds. The zero-order valence-corrected chi connectivity index (χ0v) is 14.3. The number of nitrogens with zero attached hydrogens (tertiary/aromatic N) is 1. The van der Waals surface area contributed by atoms with Crippen LogP contribution in [0.4, 0.5) is 0 Å². The predicted molar refractivity (Wildman–Crippen MR) is 90.9 cm³/mol. The molecule has 4 heteroatoms. The third kappa shape index (κ3) is 3.87. The van der Waals surface area contributed by atoms with Crippen LogP contribution in [0.1, 0.15) is 30.4 Å². The van der Waals surface area contributed by atoms with Crippen LogP contribution in [0, 0.1) is 19.8 Å². The van der Waals surface area contributed by atoms with Gasteiger partial charge in [-0.1, -0.05) is 18.2 Å². The highest BCUT2D eigenvalue weighted by atomic mass is 16.5. The topological polar surface area (TPSA) is 41.9 Å². The molecule has 0 radical (unpaired) electrons. The van der Waals surface area contributed by atoms with E-state index in [4.69, 9.17) is 9.47 Å². The summed E-state index contributed by atoms with van der Waals surface area (Å²) in [5.74, 6) is 1.27. The molecule has 4 nitrogen and oxygen atoms in total. The van der Waals surface area contributed by atoms with Crippen molar-refractivity contribution < 1.29 is 14.6 Å². The van der Waals surface area contributed by atoms with E-state index in [1.165, 1.54) is 17.5 Å². The molecule has 1 aromatic rings. The first-order chi connectivity index (χ1) is 11.2. The van der Waals surface area contributed by atoms with Crippen molar-refractivity contribution in [3.05, 3.63) is 29.3 Å². The molecule has 3 atom stereocenters. The Kier molecular flexibility index (Phi) is 5.57. The number of hydrogen-bond donors (Lipinski definition) is 1. The van der Waals surface area contributed by atoms with E-state index in [9.17, 15) is 5.11 Å². The zero-order chi connectivity index (χ0) is 16.2. The van der Waals surface area contributed by atoms with Gasteiger partial charge in [-0.15, -0.1) is 0 Å². The van der Waals surface area contributed by atoms with Gasteiger partial charge < -0.3 is 14.6 Å². The number of para-hydroxylation sites is 1. The normalized spacial score (nSPS) is 28.9. The molecule has 3 rings (SSSR count). The lowest BCUT2D eigenvalue weighted by Crippen LogP contribution is -2.47. The van der Waals surface area contributed by atoms with Crippen LogP contribution in [0.2, 0.25) is 0 Å². The van der Waals surface area contributed by atoms with E-state index in [1.807, 2.05) is 0 Å². The smallest absolute Gasteiger partial charge is 0.125 e. The van der Waals surface area contributed by atoms with Crippen molar-refractivity contribution in [3.63, 3.8) is 0 Å². The Morgan fingerprint density at radius 3 is 2.78 bits per heavy atom. The number of benzene rings is 1. The van der Waals surface area contributed by atoms with E-state index >= 15 is 0 Å². The standard InChI is InChI=1S/C19H29NO3/c1-14-5-3-6-15(2)19(14)23-12-10-20-9-4-7-17(20)16-13-22-11-8-18(16)21/h3,5-6,16-18,21H,4,7-13H2,1-2H3/t16-,17-,18+/m1/s1.